The second kappa shape index (κ2) is 6.94. The fraction of sp³-hybridized carbons (Fsp3) is 0. The standard InChI is InChI=1S/C19H12ClFN4OS/c20-11-1-3-15(13(21)9-11)24-18(26)17-16(22)12-2-4-14(25-19(12)27-17)10-5-7-23-8-6-10/h1-9H,22H2,(H,24,26). The van der Waals surface area contributed by atoms with Crippen LogP contribution in [0.4, 0.5) is 15.8 Å². The summed E-state index contributed by atoms with van der Waals surface area (Å²) in [7, 11) is 0. The number of carbonyl (C=O) groups is 1. The van der Waals surface area contributed by atoms with E-state index in [-0.39, 0.29) is 15.6 Å². The predicted octanol–water partition coefficient (Wildman–Crippen LogP) is 4.99. The van der Waals surface area contributed by atoms with E-state index in [9.17, 15) is 9.18 Å². The molecule has 3 N–H and O–H groups in total. The van der Waals surface area contributed by atoms with Gasteiger partial charge in [0, 0.05) is 28.4 Å². The molecular formula is C19H12ClFN4OS. The lowest BCUT2D eigenvalue weighted by atomic mass is 10.1. The SMILES string of the molecule is Nc1c(C(=O)Nc2ccc(Cl)cc2F)sc2nc(-c3ccncc3)ccc12. The van der Waals surface area contributed by atoms with Gasteiger partial charge in [-0.1, -0.05) is 11.6 Å². The smallest absolute Gasteiger partial charge is 0.268 e. The third kappa shape index (κ3) is 3.34. The average Bonchev–Trinajstić information content (AvgIpc) is 3.01. The molecule has 0 aliphatic carbocycles. The zero-order valence-electron chi connectivity index (χ0n) is 13.7. The van der Waals surface area contributed by atoms with E-state index in [1.807, 2.05) is 24.3 Å². The summed E-state index contributed by atoms with van der Waals surface area (Å²) in [5.74, 6) is -1.11. The van der Waals surface area contributed by atoms with Crippen molar-refractivity contribution in [1.82, 2.24) is 9.97 Å². The number of anilines is 2. The first kappa shape index (κ1) is 17.4. The molecule has 0 aliphatic rings. The van der Waals surface area contributed by atoms with Gasteiger partial charge in [0.2, 0.25) is 0 Å². The van der Waals surface area contributed by atoms with Gasteiger partial charge in [0.15, 0.2) is 0 Å². The van der Waals surface area contributed by atoms with Gasteiger partial charge in [-0.2, -0.15) is 0 Å². The first-order valence-corrected chi connectivity index (χ1v) is 9.08. The highest BCUT2D eigenvalue weighted by Gasteiger charge is 2.19. The van der Waals surface area contributed by atoms with Crippen molar-refractivity contribution >= 4 is 50.4 Å². The van der Waals surface area contributed by atoms with Crippen LogP contribution in [0.2, 0.25) is 5.02 Å². The van der Waals surface area contributed by atoms with Crippen LogP contribution in [0.25, 0.3) is 21.5 Å². The predicted molar refractivity (Wildman–Crippen MR) is 107 cm³/mol. The van der Waals surface area contributed by atoms with E-state index in [0.717, 1.165) is 28.7 Å². The van der Waals surface area contributed by atoms with Crippen LogP contribution in [0, 0.1) is 5.82 Å². The number of hydrogen-bond donors (Lipinski definition) is 2. The Bertz CT molecular complexity index is 1160. The van der Waals surface area contributed by atoms with E-state index in [1.54, 1.807) is 12.4 Å². The van der Waals surface area contributed by atoms with Crippen molar-refractivity contribution in [2.45, 2.75) is 0 Å². The number of halogens is 2. The van der Waals surface area contributed by atoms with Crippen LogP contribution in [0.3, 0.4) is 0 Å². The van der Waals surface area contributed by atoms with E-state index in [1.165, 1.54) is 12.1 Å². The van der Waals surface area contributed by atoms with Gasteiger partial charge in [-0.25, -0.2) is 9.37 Å². The normalized spacial score (nSPS) is 10.9. The Morgan fingerprint density at radius 3 is 2.67 bits per heavy atom. The number of fused-ring (bicyclic) bond motifs is 1. The third-order valence-corrected chi connectivity index (χ3v) is 5.30. The van der Waals surface area contributed by atoms with E-state index < -0.39 is 11.7 Å². The van der Waals surface area contributed by atoms with Gasteiger partial charge in [0.25, 0.3) is 5.91 Å². The van der Waals surface area contributed by atoms with E-state index in [4.69, 9.17) is 17.3 Å². The molecule has 1 amide bonds. The van der Waals surface area contributed by atoms with Crippen molar-refractivity contribution in [1.29, 1.82) is 0 Å². The summed E-state index contributed by atoms with van der Waals surface area (Å²) in [6, 6.07) is 11.4. The van der Waals surface area contributed by atoms with Crippen LogP contribution < -0.4 is 11.1 Å². The van der Waals surface area contributed by atoms with E-state index >= 15 is 0 Å². The highest BCUT2D eigenvalue weighted by atomic mass is 35.5. The molecule has 1 aromatic carbocycles. The maximum absolute atomic E-state index is 13.9. The molecule has 4 aromatic rings. The van der Waals surface area contributed by atoms with E-state index in [0.29, 0.717) is 15.9 Å². The number of rotatable bonds is 3. The first-order chi connectivity index (χ1) is 13.0. The number of nitrogens with one attached hydrogen (secondary N) is 1. The molecule has 3 aromatic heterocycles. The van der Waals surface area contributed by atoms with Gasteiger partial charge >= 0.3 is 0 Å². The van der Waals surface area contributed by atoms with Crippen molar-refractivity contribution in [3.8, 4) is 11.3 Å². The van der Waals surface area contributed by atoms with Gasteiger partial charge in [-0.3, -0.25) is 9.78 Å². The minimum Gasteiger partial charge on any atom is -0.397 e. The lowest BCUT2D eigenvalue weighted by Gasteiger charge is -2.05. The number of aromatic nitrogens is 2. The monoisotopic (exact) mass is 398 g/mol. The molecule has 0 saturated carbocycles. The maximum atomic E-state index is 13.9. The summed E-state index contributed by atoms with van der Waals surface area (Å²) in [4.78, 5) is 22.1. The molecule has 0 radical (unpaired) electrons. The number of nitrogens with zero attached hydrogens (tertiary/aromatic N) is 2. The largest absolute Gasteiger partial charge is 0.397 e. The molecule has 0 spiro atoms. The van der Waals surface area contributed by atoms with Gasteiger partial charge in [0.1, 0.15) is 15.5 Å². The molecule has 5 nitrogen and oxygen atoms in total. The molecule has 3 heterocycles. The number of carbonyl (C=O) groups excluding carboxylic acids is 1. The Hall–Kier alpha value is -3.03. The highest BCUT2D eigenvalue weighted by Crippen LogP contribution is 2.34. The number of nitrogens with two attached hydrogens (primary N) is 1. The Morgan fingerprint density at radius 1 is 1.15 bits per heavy atom. The zero-order valence-corrected chi connectivity index (χ0v) is 15.3. The van der Waals surface area contributed by atoms with Crippen molar-refractivity contribution in [2.75, 3.05) is 11.1 Å². The van der Waals surface area contributed by atoms with E-state index in [2.05, 4.69) is 15.3 Å². The summed E-state index contributed by atoms with van der Waals surface area (Å²) < 4.78 is 13.9. The van der Waals surface area contributed by atoms with Crippen LogP contribution in [0.15, 0.2) is 54.9 Å². The van der Waals surface area contributed by atoms with Crippen LogP contribution >= 0.6 is 22.9 Å². The number of hydrogen-bond acceptors (Lipinski definition) is 5. The van der Waals surface area contributed by atoms with Gasteiger partial charge in [-0.05, 0) is 42.5 Å². The number of benzene rings is 1. The second-order valence-electron chi connectivity index (χ2n) is 5.71. The first-order valence-electron chi connectivity index (χ1n) is 7.89. The van der Waals surface area contributed by atoms with Crippen molar-refractivity contribution < 1.29 is 9.18 Å². The second-order valence-corrected chi connectivity index (χ2v) is 7.14. The summed E-state index contributed by atoms with van der Waals surface area (Å²) in [6.45, 7) is 0. The van der Waals surface area contributed by atoms with Gasteiger partial charge in [0.05, 0.1) is 17.1 Å². The van der Waals surface area contributed by atoms with Crippen LogP contribution in [-0.2, 0) is 0 Å². The lowest BCUT2D eigenvalue weighted by molar-refractivity contribution is 0.103. The summed E-state index contributed by atoms with van der Waals surface area (Å²) in [5, 5.41) is 3.45. The Labute approximate surface area is 162 Å². The molecule has 0 atom stereocenters. The molecule has 8 heteroatoms. The fourth-order valence-corrected chi connectivity index (χ4v) is 3.77. The van der Waals surface area contributed by atoms with Gasteiger partial charge < -0.3 is 11.1 Å². The maximum Gasteiger partial charge on any atom is 0.268 e. The Balaban J connectivity index is 1.69. The number of pyridine rings is 2. The van der Waals surface area contributed by atoms with Crippen LogP contribution in [0.5, 0.6) is 0 Å². The molecule has 4 rings (SSSR count). The summed E-state index contributed by atoms with van der Waals surface area (Å²) >= 11 is 6.89. The molecule has 27 heavy (non-hydrogen) atoms. The molecule has 0 bridgehead atoms. The number of nitrogen functional groups attached to an aromatic ring is 1. The minimum absolute atomic E-state index is 0.0340. The summed E-state index contributed by atoms with van der Waals surface area (Å²) in [5.41, 5.74) is 8.14. The van der Waals surface area contributed by atoms with Crippen LogP contribution in [-0.4, -0.2) is 15.9 Å². The minimum atomic E-state index is -0.617. The lowest BCUT2D eigenvalue weighted by Crippen LogP contribution is -2.13. The van der Waals surface area contributed by atoms with Crippen molar-refractivity contribution in [2.24, 2.45) is 0 Å². The van der Waals surface area contributed by atoms with Crippen LogP contribution in [0.1, 0.15) is 9.67 Å². The highest BCUT2D eigenvalue weighted by molar-refractivity contribution is 7.21. The van der Waals surface area contributed by atoms with Crippen molar-refractivity contribution in [3.05, 3.63) is 70.6 Å². The zero-order chi connectivity index (χ0) is 19.0. The van der Waals surface area contributed by atoms with Crippen molar-refractivity contribution in [3.63, 3.8) is 0 Å². The quantitative estimate of drug-likeness (QED) is 0.509. The van der Waals surface area contributed by atoms with Gasteiger partial charge in [-0.15, -0.1) is 11.3 Å². The molecule has 0 unspecified atom stereocenters. The average molecular weight is 399 g/mol. The Morgan fingerprint density at radius 2 is 1.93 bits per heavy atom. The number of thiophene rings is 1. The molecule has 134 valence electrons. The fourth-order valence-electron chi connectivity index (χ4n) is 2.62. The Kier molecular flexibility index (Phi) is 4.47. The molecule has 0 saturated heterocycles. The number of amides is 1. The molecule has 0 fully saturated rings. The topological polar surface area (TPSA) is 80.9 Å². The summed E-state index contributed by atoms with van der Waals surface area (Å²) in [6.07, 6.45) is 3.37. The third-order valence-electron chi connectivity index (χ3n) is 3.96. The molecular weight excluding hydrogens is 387 g/mol. The molecule has 0 aliphatic heterocycles.